The number of hydrazine groups is 1. The topological polar surface area (TPSA) is 135 Å². The summed E-state index contributed by atoms with van der Waals surface area (Å²) in [6.45, 7) is 4.61. The van der Waals surface area contributed by atoms with Crippen molar-refractivity contribution < 1.29 is 28.7 Å². The van der Waals surface area contributed by atoms with Gasteiger partial charge < -0.3 is 20.1 Å². The second kappa shape index (κ2) is 14.7. The zero-order valence-corrected chi connectivity index (χ0v) is 18.4. The zero-order chi connectivity index (χ0) is 23.1. The Morgan fingerprint density at radius 1 is 0.871 bits per heavy atom. The fraction of sp³-hybridized carbons (Fsp3) is 0.450. The lowest BCUT2D eigenvalue weighted by molar-refractivity contribution is -0.144. The molecule has 0 aromatic heterocycles. The number of amides is 3. The number of anilines is 1. The molecule has 0 unspecified atom stereocenters. The van der Waals surface area contributed by atoms with Gasteiger partial charge in [-0.05, 0) is 49.8 Å². The molecule has 0 aliphatic carbocycles. The van der Waals surface area contributed by atoms with Crippen LogP contribution < -0.4 is 26.2 Å². The third-order valence-corrected chi connectivity index (χ3v) is 3.82. The number of esters is 1. The van der Waals surface area contributed by atoms with Gasteiger partial charge in [-0.3, -0.25) is 30.0 Å². The summed E-state index contributed by atoms with van der Waals surface area (Å²) in [5.74, 6) is -1.07. The van der Waals surface area contributed by atoms with Crippen LogP contribution in [0.25, 0.3) is 0 Å². The maximum absolute atomic E-state index is 11.9. The van der Waals surface area contributed by atoms with Crippen LogP contribution in [0.15, 0.2) is 24.3 Å². The molecule has 10 nitrogen and oxygen atoms in total. The molecule has 0 atom stereocenters. The third-order valence-electron chi connectivity index (χ3n) is 3.62. The van der Waals surface area contributed by atoms with Crippen molar-refractivity contribution in [2.75, 3.05) is 18.5 Å². The smallest absolute Gasteiger partial charge is 0.306 e. The first-order valence-corrected chi connectivity index (χ1v) is 10.3. The molecule has 1 aromatic carbocycles. The number of thiocarbonyl (C=S) groups is 1. The Hall–Kier alpha value is -3.21. The number of carbonyl (C=O) groups excluding carboxylic acids is 4. The third kappa shape index (κ3) is 12.2. The number of rotatable bonds is 11. The van der Waals surface area contributed by atoms with Crippen LogP contribution in [0.3, 0.4) is 0 Å². The molecule has 4 N–H and O–H groups in total. The van der Waals surface area contributed by atoms with Crippen molar-refractivity contribution in [1.82, 2.24) is 16.2 Å². The average molecular weight is 453 g/mol. The van der Waals surface area contributed by atoms with E-state index in [1.807, 2.05) is 13.8 Å². The minimum atomic E-state index is -0.491. The molecule has 31 heavy (non-hydrogen) atoms. The van der Waals surface area contributed by atoms with E-state index < -0.39 is 17.8 Å². The highest BCUT2D eigenvalue weighted by molar-refractivity contribution is 7.80. The van der Waals surface area contributed by atoms with Crippen LogP contribution in [0.4, 0.5) is 5.69 Å². The highest BCUT2D eigenvalue weighted by Crippen LogP contribution is 2.15. The zero-order valence-electron chi connectivity index (χ0n) is 17.6. The lowest BCUT2D eigenvalue weighted by Gasteiger charge is -2.11. The molecule has 11 heteroatoms. The fourth-order valence-corrected chi connectivity index (χ4v) is 2.33. The van der Waals surface area contributed by atoms with Crippen molar-refractivity contribution in [3.8, 4) is 5.75 Å². The normalized spacial score (nSPS) is 9.87. The van der Waals surface area contributed by atoms with Crippen molar-refractivity contribution in [2.45, 2.75) is 46.0 Å². The fourth-order valence-electron chi connectivity index (χ4n) is 2.16. The first-order valence-electron chi connectivity index (χ1n) is 9.91. The van der Waals surface area contributed by atoms with E-state index >= 15 is 0 Å². The standard InChI is InChI=1S/C20H28N4O6S/c1-3-13-30-19(28)12-11-17(26)22-20(31)24-23-18(27)10-9-16(25)21-14-5-7-15(8-6-14)29-4-2/h5-8H,3-4,9-13H2,1-2H3,(H,21,25)(H,23,27)(H2,22,24,26,31). The Morgan fingerprint density at radius 2 is 1.52 bits per heavy atom. The molecule has 0 radical (unpaired) electrons. The Labute approximate surface area is 186 Å². The quantitative estimate of drug-likeness (QED) is 0.226. The summed E-state index contributed by atoms with van der Waals surface area (Å²) in [4.78, 5) is 46.8. The van der Waals surface area contributed by atoms with Crippen LogP contribution in [-0.2, 0) is 23.9 Å². The number of hydrogen-bond acceptors (Lipinski definition) is 7. The molecule has 0 saturated heterocycles. The van der Waals surface area contributed by atoms with Gasteiger partial charge in [-0.25, -0.2) is 0 Å². The van der Waals surface area contributed by atoms with Crippen molar-refractivity contribution in [3.63, 3.8) is 0 Å². The Morgan fingerprint density at radius 3 is 2.16 bits per heavy atom. The molecule has 170 valence electrons. The molecule has 1 rings (SSSR count). The summed E-state index contributed by atoms with van der Waals surface area (Å²) in [6.07, 6.45) is 0.415. The molecule has 0 heterocycles. The van der Waals surface area contributed by atoms with Crippen molar-refractivity contribution in [2.24, 2.45) is 0 Å². The largest absolute Gasteiger partial charge is 0.494 e. The molecule has 0 saturated carbocycles. The maximum atomic E-state index is 11.9. The van der Waals surface area contributed by atoms with Crippen LogP contribution in [-0.4, -0.2) is 42.0 Å². The Balaban J connectivity index is 2.21. The predicted molar refractivity (Wildman–Crippen MR) is 118 cm³/mol. The van der Waals surface area contributed by atoms with Gasteiger partial charge in [0.25, 0.3) is 0 Å². The summed E-state index contributed by atoms with van der Waals surface area (Å²) in [6, 6.07) is 6.88. The molecule has 0 aliphatic rings. The monoisotopic (exact) mass is 452 g/mol. The highest BCUT2D eigenvalue weighted by atomic mass is 32.1. The molecule has 0 bridgehead atoms. The van der Waals surface area contributed by atoms with Gasteiger partial charge in [-0.15, -0.1) is 0 Å². The van der Waals surface area contributed by atoms with Crippen LogP contribution in [0.1, 0.15) is 46.0 Å². The van der Waals surface area contributed by atoms with Gasteiger partial charge in [0.1, 0.15) is 5.75 Å². The minimum absolute atomic E-state index is 0.0419. The average Bonchev–Trinajstić information content (AvgIpc) is 2.75. The lowest BCUT2D eigenvalue weighted by Crippen LogP contribution is -2.48. The number of hydrogen-bond donors (Lipinski definition) is 4. The second-order valence-electron chi connectivity index (χ2n) is 6.28. The van der Waals surface area contributed by atoms with Crippen molar-refractivity contribution >= 4 is 46.7 Å². The molecular formula is C20H28N4O6S. The molecule has 0 fully saturated rings. The summed E-state index contributed by atoms with van der Waals surface area (Å²) in [5.41, 5.74) is 5.25. The van der Waals surface area contributed by atoms with E-state index in [1.54, 1.807) is 24.3 Å². The van der Waals surface area contributed by atoms with Gasteiger partial charge >= 0.3 is 5.97 Å². The minimum Gasteiger partial charge on any atom is -0.494 e. The second-order valence-corrected chi connectivity index (χ2v) is 6.68. The van der Waals surface area contributed by atoms with Gasteiger partial charge in [0.2, 0.25) is 17.7 Å². The van der Waals surface area contributed by atoms with Crippen molar-refractivity contribution in [3.05, 3.63) is 24.3 Å². The van der Waals surface area contributed by atoms with Gasteiger partial charge in [0, 0.05) is 24.9 Å². The van der Waals surface area contributed by atoms with E-state index in [-0.39, 0.29) is 36.7 Å². The van der Waals surface area contributed by atoms with E-state index in [2.05, 4.69) is 21.5 Å². The number of ether oxygens (including phenoxy) is 2. The van der Waals surface area contributed by atoms with Gasteiger partial charge in [0.05, 0.1) is 19.6 Å². The lowest BCUT2D eigenvalue weighted by atomic mass is 10.2. The Bertz CT molecular complexity index is 769. The van der Waals surface area contributed by atoms with Gasteiger partial charge in [-0.1, -0.05) is 6.92 Å². The number of nitrogens with one attached hydrogen (secondary N) is 4. The molecule has 3 amide bonds. The van der Waals surface area contributed by atoms with Crippen LogP contribution in [0.2, 0.25) is 0 Å². The molecule has 0 aliphatic heterocycles. The molecule has 1 aromatic rings. The van der Waals surface area contributed by atoms with E-state index in [9.17, 15) is 19.2 Å². The predicted octanol–water partition coefficient (Wildman–Crippen LogP) is 1.56. The van der Waals surface area contributed by atoms with Crippen molar-refractivity contribution in [1.29, 1.82) is 0 Å². The van der Waals surface area contributed by atoms with Crippen LogP contribution in [0.5, 0.6) is 5.75 Å². The van der Waals surface area contributed by atoms with E-state index in [1.165, 1.54) is 0 Å². The SMILES string of the molecule is CCCOC(=O)CCC(=O)NC(=S)NNC(=O)CCC(=O)Nc1ccc(OCC)cc1. The summed E-state index contributed by atoms with van der Waals surface area (Å²) in [5, 5.41) is 4.88. The van der Waals surface area contributed by atoms with Crippen LogP contribution in [0, 0.1) is 0 Å². The first kappa shape index (κ1) is 25.8. The highest BCUT2D eigenvalue weighted by Gasteiger charge is 2.11. The van der Waals surface area contributed by atoms with E-state index in [0.29, 0.717) is 31.1 Å². The summed E-state index contributed by atoms with van der Waals surface area (Å²) >= 11 is 4.89. The molecule has 0 spiro atoms. The maximum Gasteiger partial charge on any atom is 0.306 e. The number of benzene rings is 1. The number of carbonyl (C=O) groups is 4. The summed E-state index contributed by atoms with van der Waals surface area (Å²) in [7, 11) is 0. The van der Waals surface area contributed by atoms with E-state index in [0.717, 1.165) is 0 Å². The molecular weight excluding hydrogens is 424 g/mol. The van der Waals surface area contributed by atoms with Gasteiger partial charge in [-0.2, -0.15) is 0 Å². The first-order chi connectivity index (χ1) is 14.8. The van der Waals surface area contributed by atoms with Crippen LogP contribution >= 0.6 is 12.2 Å². The summed E-state index contributed by atoms with van der Waals surface area (Å²) < 4.78 is 10.2. The van der Waals surface area contributed by atoms with E-state index in [4.69, 9.17) is 21.7 Å². The Kier molecular flexibility index (Phi) is 12.3. The van der Waals surface area contributed by atoms with Gasteiger partial charge in [0.15, 0.2) is 5.11 Å².